The fraction of sp³-hybridized carbons (Fsp3) is 0.320. The summed E-state index contributed by atoms with van der Waals surface area (Å²) < 4.78 is 33.5. The quantitative estimate of drug-likeness (QED) is 0.554. The second kappa shape index (κ2) is 9.71. The maximum Gasteiger partial charge on any atom is 0.240 e. The van der Waals surface area contributed by atoms with Crippen LogP contribution < -0.4 is 9.46 Å². The molecule has 0 bridgehead atoms. The molecule has 1 N–H and O–H groups in total. The predicted molar refractivity (Wildman–Crippen MR) is 125 cm³/mol. The van der Waals surface area contributed by atoms with Crippen molar-refractivity contribution in [2.75, 3.05) is 19.7 Å². The molecule has 1 amide bonds. The summed E-state index contributed by atoms with van der Waals surface area (Å²) in [5.74, 6) is 0.776. The first-order valence-electron chi connectivity index (χ1n) is 11.0. The Morgan fingerprint density at radius 1 is 1.06 bits per heavy atom. The van der Waals surface area contributed by atoms with Crippen LogP contribution in [-0.2, 0) is 14.8 Å². The summed E-state index contributed by atoms with van der Waals surface area (Å²) in [5, 5.41) is 1.85. The molecule has 1 unspecified atom stereocenters. The van der Waals surface area contributed by atoms with Crippen molar-refractivity contribution in [3.8, 4) is 5.75 Å². The summed E-state index contributed by atoms with van der Waals surface area (Å²) in [6.45, 7) is 3.32. The monoisotopic (exact) mass is 452 g/mol. The van der Waals surface area contributed by atoms with Gasteiger partial charge in [-0.2, -0.15) is 0 Å². The van der Waals surface area contributed by atoms with E-state index in [0.29, 0.717) is 13.2 Å². The molecule has 1 saturated heterocycles. The van der Waals surface area contributed by atoms with Crippen molar-refractivity contribution in [1.29, 1.82) is 0 Å². The molecule has 6 nitrogen and oxygen atoms in total. The van der Waals surface area contributed by atoms with Crippen molar-refractivity contribution in [2.24, 2.45) is 0 Å². The number of sulfonamides is 1. The Morgan fingerprint density at radius 3 is 2.56 bits per heavy atom. The Kier molecular flexibility index (Phi) is 6.77. The highest BCUT2D eigenvalue weighted by Crippen LogP contribution is 2.33. The molecule has 32 heavy (non-hydrogen) atoms. The maximum atomic E-state index is 12.9. The van der Waals surface area contributed by atoms with E-state index in [2.05, 4.69) is 4.72 Å². The fourth-order valence-corrected chi connectivity index (χ4v) is 5.29. The molecule has 0 aromatic heterocycles. The molecular formula is C25H28N2O4S. The fourth-order valence-electron chi connectivity index (χ4n) is 4.22. The van der Waals surface area contributed by atoms with Crippen LogP contribution in [0.15, 0.2) is 71.6 Å². The second-order valence-electron chi connectivity index (χ2n) is 7.90. The topological polar surface area (TPSA) is 75.7 Å². The zero-order chi connectivity index (χ0) is 22.6. The Morgan fingerprint density at radius 2 is 1.81 bits per heavy atom. The first-order valence-corrected chi connectivity index (χ1v) is 12.5. The van der Waals surface area contributed by atoms with Crippen molar-refractivity contribution >= 4 is 26.7 Å². The summed E-state index contributed by atoms with van der Waals surface area (Å²) in [7, 11) is -3.68. The van der Waals surface area contributed by atoms with Crippen LogP contribution in [0.4, 0.5) is 0 Å². The van der Waals surface area contributed by atoms with Crippen LogP contribution in [0.2, 0.25) is 0 Å². The normalized spacial score (nSPS) is 16.4. The molecular weight excluding hydrogens is 424 g/mol. The van der Waals surface area contributed by atoms with Crippen LogP contribution in [0.25, 0.3) is 10.8 Å². The minimum atomic E-state index is -3.68. The third-order valence-electron chi connectivity index (χ3n) is 5.81. The number of hydrogen-bond acceptors (Lipinski definition) is 4. The molecule has 0 spiro atoms. The number of carbonyl (C=O) groups excluding carboxylic acids is 1. The lowest BCUT2D eigenvalue weighted by Crippen LogP contribution is -2.34. The van der Waals surface area contributed by atoms with Crippen molar-refractivity contribution in [3.63, 3.8) is 0 Å². The van der Waals surface area contributed by atoms with Gasteiger partial charge in [0.1, 0.15) is 5.75 Å². The number of hydrogen-bond donors (Lipinski definition) is 1. The Bertz CT molecular complexity index is 1190. The van der Waals surface area contributed by atoms with Crippen molar-refractivity contribution in [1.82, 2.24) is 9.62 Å². The first-order chi connectivity index (χ1) is 15.5. The lowest BCUT2D eigenvalue weighted by molar-refractivity contribution is -0.131. The zero-order valence-electron chi connectivity index (χ0n) is 18.2. The second-order valence-corrected chi connectivity index (χ2v) is 9.67. The van der Waals surface area contributed by atoms with Gasteiger partial charge in [0, 0.05) is 19.5 Å². The number of ether oxygens (including phenoxy) is 1. The van der Waals surface area contributed by atoms with E-state index in [0.717, 1.165) is 34.9 Å². The van der Waals surface area contributed by atoms with E-state index in [1.54, 1.807) is 18.2 Å². The van der Waals surface area contributed by atoms with Gasteiger partial charge < -0.3 is 9.64 Å². The number of benzene rings is 3. The third kappa shape index (κ3) is 4.95. The third-order valence-corrected chi connectivity index (χ3v) is 7.27. The molecule has 1 atom stereocenters. The van der Waals surface area contributed by atoms with Crippen molar-refractivity contribution < 1.29 is 17.9 Å². The molecule has 7 heteroatoms. The molecule has 4 rings (SSSR count). The molecule has 1 aliphatic rings. The number of rotatable bonds is 8. The molecule has 1 fully saturated rings. The number of amides is 1. The van der Waals surface area contributed by atoms with Gasteiger partial charge in [-0.1, -0.05) is 42.5 Å². The summed E-state index contributed by atoms with van der Waals surface area (Å²) in [5.41, 5.74) is 1.08. The minimum absolute atomic E-state index is 0.0234. The van der Waals surface area contributed by atoms with Gasteiger partial charge in [-0.15, -0.1) is 0 Å². The van der Waals surface area contributed by atoms with E-state index in [1.807, 2.05) is 60.4 Å². The van der Waals surface area contributed by atoms with E-state index in [-0.39, 0.29) is 29.8 Å². The van der Waals surface area contributed by atoms with Crippen molar-refractivity contribution in [3.05, 3.63) is 72.3 Å². The largest absolute Gasteiger partial charge is 0.494 e. The van der Waals surface area contributed by atoms with Crippen molar-refractivity contribution in [2.45, 2.75) is 37.1 Å². The van der Waals surface area contributed by atoms with Crippen LogP contribution in [-0.4, -0.2) is 38.9 Å². The van der Waals surface area contributed by atoms with Crippen LogP contribution in [0.3, 0.4) is 0 Å². The summed E-state index contributed by atoms with van der Waals surface area (Å²) in [4.78, 5) is 14.9. The van der Waals surface area contributed by atoms with Crippen LogP contribution in [0.1, 0.15) is 37.8 Å². The average molecular weight is 453 g/mol. The molecule has 1 heterocycles. The number of nitrogens with zero attached hydrogens (tertiary/aromatic N) is 1. The Hall–Kier alpha value is -2.90. The van der Waals surface area contributed by atoms with Gasteiger partial charge in [0.05, 0.1) is 17.5 Å². The molecule has 1 aliphatic heterocycles. The molecule has 3 aromatic rings. The molecule has 0 radical (unpaired) electrons. The lowest BCUT2D eigenvalue weighted by atomic mass is 10.0. The van der Waals surface area contributed by atoms with Crippen LogP contribution >= 0.6 is 0 Å². The van der Waals surface area contributed by atoms with E-state index >= 15 is 0 Å². The number of fused-ring (bicyclic) bond motifs is 1. The summed E-state index contributed by atoms with van der Waals surface area (Å²) in [6.07, 6.45) is 1.97. The molecule has 168 valence electrons. The van der Waals surface area contributed by atoms with E-state index < -0.39 is 10.0 Å². The predicted octanol–water partition coefficient (Wildman–Crippen LogP) is 4.27. The smallest absolute Gasteiger partial charge is 0.240 e. The summed E-state index contributed by atoms with van der Waals surface area (Å²) in [6, 6.07) is 20.5. The van der Waals surface area contributed by atoms with Gasteiger partial charge in [0.2, 0.25) is 15.9 Å². The summed E-state index contributed by atoms with van der Waals surface area (Å²) >= 11 is 0. The highest BCUT2D eigenvalue weighted by Gasteiger charge is 2.29. The van der Waals surface area contributed by atoms with Gasteiger partial charge in [-0.05, 0) is 60.4 Å². The van der Waals surface area contributed by atoms with E-state index in [4.69, 9.17) is 4.74 Å². The van der Waals surface area contributed by atoms with Gasteiger partial charge in [0.25, 0.3) is 0 Å². The Labute approximate surface area is 189 Å². The van der Waals surface area contributed by atoms with E-state index in [9.17, 15) is 13.2 Å². The SMILES string of the molecule is CCOc1ccc(C2CCCN2C(=O)CCNS(=O)(=O)c2ccc3ccccc3c2)cc1. The van der Waals surface area contributed by atoms with Crippen LogP contribution in [0.5, 0.6) is 5.75 Å². The Balaban J connectivity index is 1.37. The number of carbonyl (C=O) groups is 1. The highest BCUT2D eigenvalue weighted by molar-refractivity contribution is 7.89. The molecule has 3 aromatic carbocycles. The number of likely N-dealkylation sites (tertiary alicyclic amines) is 1. The average Bonchev–Trinajstić information content (AvgIpc) is 3.29. The highest BCUT2D eigenvalue weighted by atomic mass is 32.2. The standard InChI is InChI=1S/C25H28N2O4S/c1-2-31-22-12-9-20(10-13-22)24-8-5-17-27(24)25(28)15-16-26-32(29,30)23-14-11-19-6-3-4-7-21(19)18-23/h3-4,6-7,9-14,18,24,26H,2,5,8,15-17H2,1H3. The van der Waals surface area contributed by atoms with Crippen LogP contribution in [0, 0.1) is 0 Å². The first kappa shape index (κ1) is 22.3. The zero-order valence-corrected chi connectivity index (χ0v) is 19.0. The van der Waals surface area contributed by atoms with Gasteiger partial charge in [0.15, 0.2) is 0 Å². The van der Waals surface area contributed by atoms with E-state index in [1.165, 1.54) is 0 Å². The van der Waals surface area contributed by atoms with Gasteiger partial charge in [-0.3, -0.25) is 4.79 Å². The van der Waals surface area contributed by atoms with Gasteiger partial charge in [-0.25, -0.2) is 13.1 Å². The molecule has 0 saturated carbocycles. The number of nitrogens with one attached hydrogen (secondary N) is 1. The maximum absolute atomic E-state index is 12.9. The van der Waals surface area contributed by atoms with Gasteiger partial charge >= 0.3 is 0 Å². The molecule has 0 aliphatic carbocycles. The minimum Gasteiger partial charge on any atom is -0.494 e. The lowest BCUT2D eigenvalue weighted by Gasteiger charge is -2.25.